The monoisotopic (exact) mass is 201 g/mol. The van der Waals surface area contributed by atoms with Gasteiger partial charge in [0.15, 0.2) is 0 Å². The fourth-order valence-electron chi connectivity index (χ4n) is 1.81. The second-order valence-corrected chi connectivity index (χ2v) is 3.88. The lowest BCUT2D eigenvalue weighted by Gasteiger charge is -2.29. The maximum atomic E-state index is 11.4. The number of cyclic esters (lactones) is 1. The predicted molar refractivity (Wildman–Crippen MR) is 52.9 cm³/mol. The number of rotatable bonds is 5. The number of aliphatic hydroxyl groups is 1. The molecule has 0 spiro atoms. The van der Waals surface area contributed by atoms with Crippen LogP contribution in [0.5, 0.6) is 0 Å². The van der Waals surface area contributed by atoms with Crippen LogP contribution in [0.2, 0.25) is 0 Å². The Morgan fingerprint density at radius 2 is 2.36 bits per heavy atom. The first kappa shape index (κ1) is 11.5. The molecule has 1 saturated heterocycles. The highest BCUT2D eigenvalue weighted by Crippen LogP contribution is 2.16. The number of nitrogens with zero attached hydrogens (tertiary/aromatic N) is 1. The first-order valence-electron chi connectivity index (χ1n) is 5.20. The van der Waals surface area contributed by atoms with E-state index in [0.29, 0.717) is 19.1 Å². The van der Waals surface area contributed by atoms with Crippen molar-refractivity contribution in [1.29, 1.82) is 0 Å². The van der Waals surface area contributed by atoms with Gasteiger partial charge in [-0.1, -0.05) is 0 Å². The van der Waals surface area contributed by atoms with E-state index in [1.54, 1.807) is 0 Å². The van der Waals surface area contributed by atoms with Gasteiger partial charge in [-0.25, -0.2) is 0 Å². The van der Waals surface area contributed by atoms with E-state index in [1.165, 1.54) is 0 Å². The van der Waals surface area contributed by atoms with Gasteiger partial charge in [0, 0.05) is 25.6 Å². The lowest BCUT2D eigenvalue weighted by atomic mass is 10.1. The third kappa shape index (κ3) is 2.69. The summed E-state index contributed by atoms with van der Waals surface area (Å²) in [5.74, 6) is -0.114. The molecule has 1 aliphatic rings. The highest BCUT2D eigenvalue weighted by atomic mass is 16.5. The second kappa shape index (κ2) is 5.32. The molecule has 4 nitrogen and oxygen atoms in total. The molecule has 4 heteroatoms. The Morgan fingerprint density at radius 3 is 2.79 bits per heavy atom. The minimum absolute atomic E-state index is 0.0958. The molecule has 82 valence electrons. The molecule has 1 N–H and O–H groups in total. The largest absolute Gasteiger partial charge is 0.464 e. The Bertz CT molecular complexity index is 194. The predicted octanol–water partition coefficient (Wildman–Crippen LogP) is 0.395. The van der Waals surface area contributed by atoms with Crippen LogP contribution < -0.4 is 0 Å². The summed E-state index contributed by atoms with van der Waals surface area (Å²) in [5, 5.41) is 8.76. The number of hydrogen-bond donors (Lipinski definition) is 1. The van der Waals surface area contributed by atoms with Crippen LogP contribution >= 0.6 is 0 Å². The van der Waals surface area contributed by atoms with Crippen LogP contribution in [0.1, 0.15) is 26.7 Å². The SMILES string of the molecule is CC(C)N(CCCO)C1CCOC1=O. The first-order chi connectivity index (χ1) is 6.66. The van der Waals surface area contributed by atoms with Crippen LogP contribution in [0.25, 0.3) is 0 Å². The van der Waals surface area contributed by atoms with E-state index in [2.05, 4.69) is 18.7 Å². The molecule has 0 saturated carbocycles. The fourth-order valence-corrected chi connectivity index (χ4v) is 1.81. The Labute approximate surface area is 84.8 Å². The second-order valence-electron chi connectivity index (χ2n) is 3.88. The van der Waals surface area contributed by atoms with Crippen molar-refractivity contribution in [1.82, 2.24) is 4.90 Å². The standard InChI is InChI=1S/C10H19NO3/c1-8(2)11(5-3-6-12)9-4-7-14-10(9)13/h8-9,12H,3-7H2,1-2H3. The highest BCUT2D eigenvalue weighted by Gasteiger charge is 2.33. The van der Waals surface area contributed by atoms with Crippen molar-refractivity contribution in [2.75, 3.05) is 19.8 Å². The van der Waals surface area contributed by atoms with E-state index >= 15 is 0 Å². The Balaban J connectivity index is 2.52. The van der Waals surface area contributed by atoms with Crippen LogP contribution in [0.4, 0.5) is 0 Å². The van der Waals surface area contributed by atoms with Crippen molar-refractivity contribution in [3.05, 3.63) is 0 Å². The zero-order chi connectivity index (χ0) is 10.6. The fraction of sp³-hybridized carbons (Fsp3) is 0.900. The molecule has 0 amide bonds. The zero-order valence-corrected chi connectivity index (χ0v) is 8.90. The van der Waals surface area contributed by atoms with Crippen molar-refractivity contribution in [2.45, 2.75) is 38.8 Å². The van der Waals surface area contributed by atoms with Crippen LogP contribution in [0.15, 0.2) is 0 Å². The summed E-state index contributed by atoms with van der Waals surface area (Å²) in [7, 11) is 0. The summed E-state index contributed by atoms with van der Waals surface area (Å²) < 4.78 is 4.93. The van der Waals surface area contributed by atoms with Gasteiger partial charge in [-0.2, -0.15) is 0 Å². The van der Waals surface area contributed by atoms with Gasteiger partial charge >= 0.3 is 5.97 Å². The van der Waals surface area contributed by atoms with Gasteiger partial charge in [-0.3, -0.25) is 9.69 Å². The van der Waals surface area contributed by atoms with Gasteiger partial charge in [-0.05, 0) is 20.3 Å². The molecule has 0 aliphatic carbocycles. The zero-order valence-electron chi connectivity index (χ0n) is 8.90. The van der Waals surface area contributed by atoms with Crippen molar-refractivity contribution >= 4 is 5.97 Å². The molecule has 1 aliphatic heterocycles. The van der Waals surface area contributed by atoms with Crippen LogP contribution in [-0.2, 0) is 9.53 Å². The minimum atomic E-state index is -0.114. The Kier molecular flexibility index (Phi) is 4.35. The number of carbonyl (C=O) groups excluding carboxylic acids is 1. The van der Waals surface area contributed by atoms with Gasteiger partial charge in [0.2, 0.25) is 0 Å². The van der Waals surface area contributed by atoms with Crippen molar-refractivity contribution in [2.24, 2.45) is 0 Å². The van der Waals surface area contributed by atoms with Gasteiger partial charge in [-0.15, -0.1) is 0 Å². The molecular formula is C10H19NO3. The average molecular weight is 201 g/mol. The average Bonchev–Trinajstić information content (AvgIpc) is 2.52. The van der Waals surface area contributed by atoms with Crippen molar-refractivity contribution in [3.8, 4) is 0 Å². The number of esters is 1. The molecule has 1 heterocycles. The normalized spacial score (nSPS) is 22.1. The smallest absolute Gasteiger partial charge is 0.323 e. The molecule has 0 aromatic rings. The molecule has 0 radical (unpaired) electrons. The van der Waals surface area contributed by atoms with Crippen LogP contribution in [0, 0.1) is 0 Å². The van der Waals surface area contributed by atoms with Gasteiger partial charge < -0.3 is 9.84 Å². The summed E-state index contributed by atoms with van der Waals surface area (Å²) in [5.41, 5.74) is 0. The van der Waals surface area contributed by atoms with Gasteiger partial charge in [0.05, 0.1) is 6.61 Å². The third-order valence-corrected chi connectivity index (χ3v) is 2.55. The summed E-state index contributed by atoms with van der Waals surface area (Å²) in [4.78, 5) is 13.5. The van der Waals surface area contributed by atoms with E-state index in [-0.39, 0.29) is 18.6 Å². The van der Waals surface area contributed by atoms with E-state index in [0.717, 1.165) is 13.0 Å². The summed E-state index contributed by atoms with van der Waals surface area (Å²) in [6.45, 7) is 5.58. The quantitative estimate of drug-likeness (QED) is 0.654. The lowest BCUT2D eigenvalue weighted by Crippen LogP contribution is -2.43. The molecule has 0 aromatic carbocycles. The maximum absolute atomic E-state index is 11.4. The Morgan fingerprint density at radius 1 is 1.64 bits per heavy atom. The van der Waals surface area contributed by atoms with Gasteiger partial charge in [0.25, 0.3) is 0 Å². The summed E-state index contributed by atoms with van der Waals surface area (Å²) >= 11 is 0. The lowest BCUT2D eigenvalue weighted by molar-refractivity contribution is -0.143. The molecule has 14 heavy (non-hydrogen) atoms. The molecule has 1 rings (SSSR count). The molecule has 1 unspecified atom stereocenters. The van der Waals surface area contributed by atoms with E-state index in [1.807, 2.05) is 0 Å². The third-order valence-electron chi connectivity index (χ3n) is 2.55. The molecule has 1 fully saturated rings. The number of ether oxygens (including phenoxy) is 1. The van der Waals surface area contributed by atoms with Crippen LogP contribution in [0.3, 0.4) is 0 Å². The molecule has 0 aromatic heterocycles. The summed E-state index contributed by atoms with van der Waals surface area (Å²) in [6, 6.07) is 0.221. The molecule has 0 bridgehead atoms. The van der Waals surface area contributed by atoms with E-state index in [9.17, 15) is 4.79 Å². The van der Waals surface area contributed by atoms with Gasteiger partial charge in [0.1, 0.15) is 6.04 Å². The topological polar surface area (TPSA) is 49.8 Å². The molecular weight excluding hydrogens is 182 g/mol. The number of aliphatic hydroxyl groups excluding tert-OH is 1. The maximum Gasteiger partial charge on any atom is 0.323 e. The van der Waals surface area contributed by atoms with Crippen molar-refractivity contribution < 1.29 is 14.6 Å². The minimum Gasteiger partial charge on any atom is -0.464 e. The summed E-state index contributed by atoms with van der Waals surface area (Å²) in [6.07, 6.45) is 1.49. The molecule has 1 atom stereocenters. The van der Waals surface area contributed by atoms with E-state index in [4.69, 9.17) is 9.84 Å². The number of carbonyl (C=O) groups is 1. The highest BCUT2D eigenvalue weighted by molar-refractivity contribution is 5.77. The van der Waals surface area contributed by atoms with E-state index < -0.39 is 0 Å². The van der Waals surface area contributed by atoms with Crippen LogP contribution in [-0.4, -0.2) is 47.8 Å². The first-order valence-corrected chi connectivity index (χ1v) is 5.20. The van der Waals surface area contributed by atoms with Crippen molar-refractivity contribution in [3.63, 3.8) is 0 Å². The number of hydrogen-bond acceptors (Lipinski definition) is 4. The Hall–Kier alpha value is -0.610.